The predicted molar refractivity (Wildman–Crippen MR) is 109 cm³/mol. The molecule has 1 N–H and O–H groups in total. The number of ether oxygens (including phenoxy) is 1. The van der Waals surface area contributed by atoms with Crippen molar-refractivity contribution in [3.05, 3.63) is 57.6 Å². The average molecular weight is 442 g/mol. The van der Waals surface area contributed by atoms with E-state index in [0.29, 0.717) is 28.8 Å². The van der Waals surface area contributed by atoms with Crippen LogP contribution in [0.4, 0.5) is 0 Å². The molecule has 4 rings (SSSR count). The molecule has 1 fully saturated rings. The van der Waals surface area contributed by atoms with Crippen molar-refractivity contribution in [3.8, 4) is 5.75 Å². The zero-order valence-electron chi connectivity index (χ0n) is 15.3. The molecule has 2 aromatic rings. The van der Waals surface area contributed by atoms with Crippen molar-refractivity contribution in [1.29, 1.82) is 0 Å². The number of aliphatic hydroxyl groups is 1. The topological polar surface area (TPSA) is 66.8 Å². The van der Waals surface area contributed by atoms with E-state index in [-0.39, 0.29) is 23.1 Å². The van der Waals surface area contributed by atoms with Crippen molar-refractivity contribution in [2.45, 2.75) is 36.0 Å². The van der Waals surface area contributed by atoms with Crippen LogP contribution in [0.25, 0.3) is 0 Å². The molecule has 5 nitrogen and oxygen atoms in total. The Labute approximate surface area is 174 Å². The van der Waals surface area contributed by atoms with Crippen molar-refractivity contribution >= 4 is 33.0 Å². The minimum Gasteiger partial charge on any atom is -0.484 e. The van der Waals surface area contributed by atoms with E-state index in [0.717, 1.165) is 24.1 Å². The molecule has 1 heterocycles. The summed E-state index contributed by atoms with van der Waals surface area (Å²) in [6.45, 7) is 1.38. The van der Waals surface area contributed by atoms with Gasteiger partial charge in [0.15, 0.2) is 9.84 Å². The molecule has 1 aliphatic heterocycles. The first-order chi connectivity index (χ1) is 13.2. The van der Waals surface area contributed by atoms with Crippen molar-refractivity contribution in [2.24, 2.45) is 0 Å². The summed E-state index contributed by atoms with van der Waals surface area (Å²) in [4.78, 5) is 2.47. The van der Waals surface area contributed by atoms with Gasteiger partial charge in [-0.1, -0.05) is 23.2 Å². The van der Waals surface area contributed by atoms with E-state index in [1.807, 2.05) is 6.07 Å². The first-order valence-corrected chi connectivity index (χ1v) is 11.7. The molecule has 1 saturated heterocycles. The molecule has 1 aliphatic carbocycles. The lowest BCUT2D eigenvalue weighted by molar-refractivity contribution is 0.0818. The molecule has 2 aromatic carbocycles. The highest BCUT2D eigenvalue weighted by molar-refractivity contribution is 7.90. The SMILES string of the molecule is CS(=O)(=O)c1ccc(O[C@H]2c3cc(Cl)cc(Cl)c3C[C@@H]2N2CCC(O)C2)cc1. The molecule has 3 atom stereocenters. The van der Waals surface area contributed by atoms with Crippen LogP contribution in [0, 0.1) is 0 Å². The van der Waals surface area contributed by atoms with Crippen LogP contribution in [0.1, 0.15) is 23.7 Å². The highest BCUT2D eigenvalue weighted by Crippen LogP contribution is 2.43. The first kappa shape index (κ1) is 20.0. The maximum atomic E-state index is 11.7. The molecule has 0 saturated carbocycles. The summed E-state index contributed by atoms with van der Waals surface area (Å²) in [7, 11) is -3.26. The smallest absolute Gasteiger partial charge is 0.175 e. The molecule has 0 bridgehead atoms. The molecule has 28 heavy (non-hydrogen) atoms. The van der Waals surface area contributed by atoms with Crippen LogP contribution in [0.2, 0.25) is 10.0 Å². The number of hydrogen-bond acceptors (Lipinski definition) is 5. The van der Waals surface area contributed by atoms with E-state index in [4.69, 9.17) is 27.9 Å². The van der Waals surface area contributed by atoms with E-state index in [1.54, 1.807) is 30.3 Å². The minimum absolute atomic E-state index is 0.0256. The van der Waals surface area contributed by atoms with Crippen molar-refractivity contribution < 1.29 is 18.3 Å². The van der Waals surface area contributed by atoms with Crippen LogP contribution in [0.3, 0.4) is 0 Å². The molecule has 0 aromatic heterocycles. The highest BCUT2D eigenvalue weighted by Gasteiger charge is 2.41. The number of halogens is 2. The zero-order valence-corrected chi connectivity index (χ0v) is 17.6. The Morgan fingerprint density at radius 2 is 1.89 bits per heavy atom. The Hall–Kier alpha value is -1.31. The fraction of sp³-hybridized carbons (Fsp3) is 0.400. The number of benzene rings is 2. The van der Waals surface area contributed by atoms with Gasteiger partial charge in [0.05, 0.1) is 17.0 Å². The maximum absolute atomic E-state index is 11.7. The van der Waals surface area contributed by atoms with Gasteiger partial charge in [-0.05, 0) is 54.8 Å². The highest BCUT2D eigenvalue weighted by atomic mass is 35.5. The van der Waals surface area contributed by atoms with Crippen LogP contribution in [0.5, 0.6) is 5.75 Å². The van der Waals surface area contributed by atoms with Gasteiger partial charge in [-0.2, -0.15) is 0 Å². The Balaban J connectivity index is 1.67. The third-order valence-corrected chi connectivity index (χ3v) is 7.13. The fourth-order valence-electron chi connectivity index (χ4n) is 4.06. The number of likely N-dealkylation sites (tertiary alicyclic amines) is 1. The monoisotopic (exact) mass is 441 g/mol. The molecule has 0 radical (unpaired) electrons. The third-order valence-electron chi connectivity index (χ3n) is 5.44. The summed E-state index contributed by atoms with van der Waals surface area (Å²) in [6.07, 6.45) is 1.98. The number of fused-ring (bicyclic) bond motifs is 1. The predicted octanol–water partition coefficient (Wildman–Crippen LogP) is 3.51. The lowest BCUT2D eigenvalue weighted by Crippen LogP contribution is -2.39. The van der Waals surface area contributed by atoms with Gasteiger partial charge in [0.25, 0.3) is 0 Å². The number of hydrogen-bond donors (Lipinski definition) is 1. The second kappa shape index (κ2) is 7.50. The van der Waals surface area contributed by atoms with Crippen LogP contribution in [-0.2, 0) is 16.3 Å². The average Bonchev–Trinajstić information content (AvgIpc) is 3.19. The first-order valence-electron chi connectivity index (χ1n) is 9.09. The zero-order chi connectivity index (χ0) is 20.1. The van der Waals surface area contributed by atoms with Crippen molar-refractivity contribution in [2.75, 3.05) is 19.3 Å². The molecule has 2 aliphatic rings. The van der Waals surface area contributed by atoms with Gasteiger partial charge in [-0.25, -0.2) is 8.42 Å². The molecule has 0 spiro atoms. The fourth-order valence-corrected chi connectivity index (χ4v) is 5.28. The summed E-state index contributed by atoms with van der Waals surface area (Å²) in [5.74, 6) is 0.575. The summed E-state index contributed by atoms with van der Waals surface area (Å²) in [5, 5.41) is 11.1. The van der Waals surface area contributed by atoms with E-state index >= 15 is 0 Å². The number of sulfone groups is 1. The van der Waals surface area contributed by atoms with Gasteiger partial charge >= 0.3 is 0 Å². The van der Waals surface area contributed by atoms with Crippen LogP contribution in [-0.4, -0.2) is 49.9 Å². The van der Waals surface area contributed by atoms with Crippen LogP contribution < -0.4 is 4.74 Å². The number of nitrogens with zero attached hydrogens (tertiary/aromatic N) is 1. The van der Waals surface area contributed by atoms with Gasteiger partial charge in [0.1, 0.15) is 11.9 Å². The van der Waals surface area contributed by atoms with Gasteiger partial charge in [-0.15, -0.1) is 0 Å². The Morgan fingerprint density at radius 3 is 2.50 bits per heavy atom. The Kier molecular flexibility index (Phi) is 5.35. The van der Waals surface area contributed by atoms with Gasteiger partial charge in [-0.3, -0.25) is 4.90 Å². The van der Waals surface area contributed by atoms with Crippen molar-refractivity contribution in [3.63, 3.8) is 0 Å². The lowest BCUT2D eigenvalue weighted by atomic mass is 10.1. The van der Waals surface area contributed by atoms with E-state index in [2.05, 4.69) is 4.90 Å². The second-order valence-electron chi connectivity index (χ2n) is 7.45. The van der Waals surface area contributed by atoms with Gasteiger partial charge < -0.3 is 9.84 Å². The largest absolute Gasteiger partial charge is 0.484 e. The van der Waals surface area contributed by atoms with E-state index in [1.165, 1.54) is 6.26 Å². The molecule has 0 amide bonds. The summed E-state index contributed by atoms with van der Waals surface area (Å²) in [5.41, 5.74) is 1.95. The standard InChI is InChI=1S/C20H21Cl2NO4S/c1-28(25,26)15-4-2-14(3-5-15)27-20-17-8-12(21)9-18(22)16(17)10-19(20)23-7-6-13(24)11-23/h2-5,8-9,13,19-20,24H,6-7,10-11H2,1H3/t13?,19-,20-/m0/s1. The van der Waals surface area contributed by atoms with Crippen LogP contribution in [0.15, 0.2) is 41.3 Å². The third kappa shape index (κ3) is 3.89. The molecule has 150 valence electrons. The van der Waals surface area contributed by atoms with Crippen molar-refractivity contribution in [1.82, 2.24) is 4.90 Å². The molecular formula is C20H21Cl2NO4S. The van der Waals surface area contributed by atoms with Crippen LogP contribution >= 0.6 is 23.2 Å². The van der Waals surface area contributed by atoms with Gasteiger partial charge in [0, 0.05) is 35.0 Å². The van der Waals surface area contributed by atoms with E-state index < -0.39 is 9.84 Å². The summed E-state index contributed by atoms with van der Waals surface area (Å²) in [6, 6.07) is 10.1. The second-order valence-corrected chi connectivity index (χ2v) is 10.3. The number of β-amino-alcohol motifs (C(OH)–C–C–N with tert-alkyl or cyclic N) is 1. The van der Waals surface area contributed by atoms with Gasteiger partial charge in [0.2, 0.25) is 0 Å². The maximum Gasteiger partial charge on any atom is 0.175 e. The Morgan fingerprint density at radius 1 is 1.18 bits per heavy atom. The molecule has 8 heteroatoms. The number of aliphatic hydroxyl groups excluding tert-OH is 1. The Bertz CT molecular complexity index is 994. The minimum atomic E-state index is -3.26. The quantitative estimate of drug-likeness (QED) is 0.785. The molecular weight excluding hydrogens is 421 g/mol. The number of rotatable bonds is 4. The summed E-state index contributed by atoms with van der Waals surface area (Å²) >= 11 is 12.7. The van der Waals surface area contributed by atoms with E-state index in [9.17, 15) is 13.5 Å². The summed E-state index contributed by atoms with van der Waals surface area (Å²) < 4.78 is 29.7. The lowest BCUT2D eigenvalue weighted by Gasteiger charge is -2.30. The molecule has 1 unspecified atom stereocenters. The normalized spacial score (nSPS) is 25.1.